The molecule has 0 saturated carbocycles. The minimum Gasteiger partial charge on any atom is -0.336 e. The number of carbonyl (C=O) groups is 1. The number of thiazole rings is 1. The largest absolute Gasteiger partial charge is 0.336 e. The molecule has 5 heteroatoms. The molecular formula is C19H20N2OS2. The highest BCUT2D eigenvalue weighted by molar-refractivity contribution is 8.00. The second-order valence-electron chi connectivity index (χ2n) is 5.72. The molecule has 0 unspecified atom stereocenters. The van der Waals surface area contributed by atoms with Gasteiger partial charge in [-0.15, -0.1) is 23.1 Å². The molecule has 0 spiro atoms. The number of hydrogen-bond acceptors (Lipinski definition) is 4. The topological polar surface area (TPSA) is 33.2 Å². The molecule has 0 aliphatic rings. The van der Waals surface area contributed by atoms with Crippen LogP contribution in [0.15, 0.2) is 59.5 Å². The maximum Gasteiger partial charge on any atom is 0.236 e. The van der Waals surface area contributed by atoms with Gasteiger partial charge in [0.25, 0.3) is 0 Å². The van der Waals surface area contributed by atoms with E-state index in [-0.39, 0.29) is 17.2 Å². The third-order valence-electron chi connectivity index (χ3n) is 4.00. The van der Waals surface area contributed by atoms with Crippen LogP contribution in [0.4, 0.5) is 0 Å². The van der Waals surface area contributed by atoms with Gasteiger partial charge < -0.3 is 4.90 Å². The maximum absolute atomic E-state index is 12.8. The molecular weight excluding hydrogens is 336 g/mol. The highest BCUT2D eigenvalue weighted by atomic mass is 32.2. The fraction of sp³-hybridized carbons (Fsp3) is 0.263. The fourth-order valence-corrected chi connectivity index (χ4v) is 4.52. The van der Waals surface area contributed by atoms with E-state index in [1.54, 1.807) is 28.0 Å². The van der Waals surface area contributed by atoms with Crippen molar-refractivity contribution in [3.8, 4) is 0 Å². The van der Waals surface area contributed by atoms with Crippen molar-refractivity contribution in [2.75, 3.05) is 7.05 Å². The number of nitrogens with zero attached hydrogens (tertiary/aromatic N) is 2. The van der Waals surface area contributed by atoms with Gasteiger partial charge in [-0.05, 0) is 38.1 Å². The molecule has 1 amide bonds. The van der Waals surface area contributed by atoms with Crippen molar-refractivity contribution in [3.05, 3.63) is 59.6 Å². The molecule has 2 aromatic carbocycles. The first-order chi connectivity index (χ1) is 11.6. The van der Waals surface area contributed by atoms with Crippen molar-refractivity contribution < 1.29 is 4.79 Å². The standard InChI is InChI=1S/C19H20N2OS2/c1-13(18-20-16-11-7-8-12-17(16)24-18)21(3)19(22)14(2)23-15-9-5-4-6-10-15/h4-14H,1-3H3/t13-,14+/m0/s1. The lowest BCUT2D eigenvalue weighted by atomic mass is 10.3. The number of fused-ring (bicyclic) bond motifs is 1. The summed E-state index contributed by atoms with van der Waals surface area (Å²) < 4.78 is 1.16. The number of benzene rings is 2. The molecule has 3 aromatic rings. The third-order valence-corrected chi connectivity index (χ3v) is 6.31. The van der Waals surface area contributed by atoms with Gasteiger partial charge in [-0.25, -0.2) is 4.98 Å². The smallest absolute Gasteiger partial charge is 0.236 e. The molecule has 1 heterocycles. The van der Waals surface area contributed by atoms with Gasteiger partial charge in [-0.2, -0.15) is 0 Å². The van der Waals surface area contributed by atoms with E-state index in [9.17, 15) is 4.79 Å². The van der Waals surface area contributed by atoms with E-state index in [0.717, 1.165) is 20.1 Å². The molecule has 3 nitrogen and oxygen atoms in total. The van der Waals surface area contributed by atoms with Crippen LogP contribution >= 0.6 is 23.1 Å². The molecule has 0 aliphatic carbocycles. The molecule has 0 N–H and O–H groups in total. The average molecular weight is 357 g/mol. The molecule has 0 aliphatic heterocycles. The van der Waals surface area contributed by atoms with Crippen molar-refractivity contribution in [3.63, 3.8) is 0 Å². The highest BCUT2D eigenvalue weighted by Crippen LogP contribution is 2.31. The zero-order valence-electron chi connectivity index (χ0n) is 14.0. The molecule has 2 atom stereocenters. The van der Waals surface area contributed by atoms with Crippen LogP contribution in [0, 0.1) is 0 Å². The van der Waals surface area contributed by atoms with E-state index >= 15 is 0 Å². The summed E-state index contributed by atoms with van der Waals surface area (Å²) in [5, 5.41) is 0.846. The number of aromatic nitrogens is 1. The monoisotopic (exact) mass is 356 g/mol. The predicted octanol–water partition coefficient (Wildman–Crippen LogP) is 5.00. The van der Waals surface area contributed by atoms with Gasteiger partial charge in [0.15, 0.2) is 0 Å². The van der Waals surface area contributed by atoms with Gasteiger partial charge in [0.05, 0.1) is 21.5 Å². The first-order valence-electron chi connectivity index (χ1n) is 7.90. The molecule has 3 rings (SSSR count). The second-order valence-corrected chi connectivity index (χ2v) is 8.19. The summed E-state index contributed by atoms with van der Waals surface area (Å²) in [7, 11) is 1.86. The Kier molecular flexibility index (Phi) is 5.21. The van der Waals surface area contributed by atoms with Crippen LogP contribution in [0.25, 0.3) is 10.2 Å². The van der Waals surface area contributed by atoms with Crippen LogP contribution in [-0.4, -0.2) is 28.1 Å². The quantitative estimate of drug-likeness (QED) is 0.603. The molecule has 1 aromatic heterocycles. The minimum absolute atomic E-state index is 0.0336. The van der Waals surface area contributed by atoms with Crippen LogP contribution in [0.2, 0.25) is 0 Å². The number of rotatable bonds is 5. The summed E-state index contributed by atoms with van der Waals surface area (Å²) in [4.78, 5) is 20.4. The lowest BCUT2D eigenvalue weighted by Gasteiger charge is -2.26. The summed E-state index contributed by atoms with van der Waals surface area (Å²) in [6.45, 7) is 4.00. The summed E-state index contributed by atoms with van der Waals surface area (Å²) in [5.74, 6) is 0.121. The average Bonchev–Trinajstić information content (AvgIpc) is 3.04. The van der Waals surface area contributed by atoms with Crippen molar-refractivity contribution >= 4 is 39.2 Å². The Bertz CT molecular complexity index is 799. The van der Waals surface area contributed by atoms with Gasteiger partial charge in [0.1, 0.15) is 5.01 Å². The maximum atomic E-state index is 12.8. The Morgan fingerprint density at radius 1 is 1.08 bits per heavy atom. The van der Waals surface area contributed by atoms with Crippen molar-refractivity contribution in [1.29, 1.82) is 0 Å². The number of hydrogen-bond donors (Lipinski definition) is 0. The molecule has 0 bridgehead atoms. The van der Waals surface area contributed by atoms with E-state index in [4.69, 9.17) is 0 Å². The van der Waals surface area contributed by atoms with Gasteiger partial charge in [-0.1, -0.05) is 30.3 Å². The number of thioether (sulfide) groups is 1. The van der Waals surface area contributed by atoms with Gasteiger partial charge >= 0.3 is 0 Å². The van der Waals surface area contributed by atoms with Crippen molar-refractivity contribution in [2.45, 2.75) is 30.0 Å². The normalized spacial score (nSPS) is 13.6. The van der Waals surface area contributed by atoms with Crippen molar-refractivity contribution in [1.82, 2.24) is 9.88 Å². The van der Waals surface area contributed by atoms with E-state index in [0.29, 0.717) is 0 Å². The summed E-state index contributed by atoms with van der Waals surface area (Å²) in [5.41, 5.74) is 0.997. The lowest BCUT2D eigenvalue weighted by molar-refractivity contribution is -0.130. The zero-order chi connectivity index (χ0) is 17.1. The van der Waals surface area contributed by atoms with Crippen LogP contribution in [0.1, 0.15) is 24.9 Å². The lowest BCUT2D eigenvalue weighted by Crippen LogP contribution is -2.35. The van der Waals surface area contributed by atoms with E-state index < -0.39 is 0 Å². The first kappa shape index (κ1) is 17.0. The van der Waals surface area contributed by atoms with E-state index in [2.05, 4.69) is 11.1 Å². The van der Waals surface area contributed by atoms with Crippen LogP contribution < -0.4 is 0 Å². The third kappa shape index (κ3) is 3.62. The summed E-state index contributed by atoms with van der Waals surface area (Å²) in [6, 6.07) is 18.1. The fourth-order valence-electron chi connectivity index (χ4n) is 2.47. The van der Waals surface area contributed by atoms with E-state index in [1.165, 1.54) is 0 Å². The van der Waals surface area contributed by atoms with Gasteiger partial charge in [0, 0.05) is 11.9 Å². The Morgan fingerprint density at radius 2 is 1.75 bits per heavy atom. The second kappa shape index (κ2) is 7.36. The predicted molar refractivity (Wildman–Crippen MR) is 103 cm³/mol. The zero-order valence-corrected chi connectivity index (χ0v) is 15.6. The Morgan fingerprint density at radius 3 is 2.46 bits per heavy atom. The Hall–Kier alpha value is -1.85. The molecule has 124 valence electrons. The van der Waals surface area contributed by atoms with E-state index in [1.807, 2.05) is 69.4 Å². The van der Waals surface area contributed by atoms with Crippen molar-refractivity contribution in [2.24, 2.45) is 0 Å². The number of amides is 1. The van der Waals surface area contributed by atoms with Gasteiger partial charge in [0.2, 0.25) is 5.91 Å². The SMILES string of the molecule is C[C@@H](Sc1ccccc1)C(=O)N(C)[C@@H](C)c1nc2ccccc2s1. The molecule has 0 fully saturated rings. The van der Waals surface area contributed by atoms with Gasteiger partial charge in [-0.3, -0.25) is 4.79 Å². The summed E-state index contributed by atoms with van der Waals surface area (Å²) >= 11 is 3.24. The Balaban J connectivity index is 1.72. The summed E-state index contributed by atoms with van der Waals surface area (Å²) in [6.07, 6.45) is 0. The number of carbonyl (C=O) groups excluding carboxylic acids is 1. The molecule has 24 heavy (non-hydrogen) atoms. The van der Waals surface area contributed by atoms with Crippen LogP contribution in [-0.2, 0) is 4.79 Å². The number of para-hydroxylation sites is 1. The minimum atomic E-state index is -0.130. The van der Waals surface area contributed by atoms with Crippen LogP contribution in [0.3, 0.4) is 0 Å². The van der Waals surface area contributed by atoms with Crippen LogP contribution in [0.5, 0.6) is 0 Å². The molecule has 0 radical (unpaired) electrons. The first-order valence-corrected chi connectivity index (χ1v) is 9.59. The Labute approximate surface area is 150 Å². The highest BCUT2D eigenvalue weighted by Gasteiger charge is 2.25. The molecule has 0 saturated heterocycles.